The number of nitrogens with zero attached hydrogens (tertiary/aromatic N) is 1. The molecule has 1 aliphatic carbocycles. The van der Waals surface area contributed by atoms with Crippen LogP contribution in [0.15, 0.2) is 0 Å². The van der Waals surface area contributed by atoms with Gasteiger partial charge >= 0.3 is 0 Å². The van der Waals surface area contributed by atoms with Crippen LogP contribution in [0.2, 0.25) is 0 Å². The van der Waals surface area contributed by atoms with Crippen molar-refractivity contribution in [1.82, 2.24) is 10.2 Å². The average molecular weight is 158 g/mol. The SMILES string of the molecule is CN(C)CC(CO)NC1CC1. The van der Waals surface area contributed by atoms with Gasteiger partial charge in [-0.3, -0.25) is 0 Å². The van der Waals surface area contributed by atoms with Crippen molar-refractivity contribution in [2.45, 2.75) is 24.9 Å². The van der Waals surface area contributed by atoms with E-state index in [2.05, 4.69) is 10.2 Å². The molecule has 1 atom stereocenters. The van der Waals surface area contributed by atoms with Gasteiger partial charge in [0.2, 0.25) is 0 Å². The van der Waals surface area contributed by atoms with E-state index < -0.39 is 0 Å². The van der Waals surface area contributed by atoms with Crippen LogP contribution in [0.25, 0.3) is 0 Å². The molecule has 0 aromatic carbocycles. The Hall–Kier alpha value is -0.120. The van der Waals surface area contributed by atoms with Gasteiger partial charge in [-0.25, -0.2) is 0 Å². The van der Waals surface area contributed by atoms with E-state index in [0.29, 0.717) is 6.04 Å². The van der Waals surface area contributed by atoms with Crippen LogP contribution in [0.1, 0.15) is 12.8 Å². The maximum atomic E-state index is 8.96. The molecular weight excluding hydrogens is 140 g/mol. The van der Waals surface area contributed by atoms with E-state index in [0.717, 1.165) is 6.54 Å². The maximum Gasteiger partial charge on any atom is 0.0597 e. The molecule has 1 saturated carbocycles. The van der Waals surface area contributed by atoms with E-state index in [9.17, 15) is 0 Å². The normalized spacial score (nSPS) is 20.7. The summed E-state index contributed by atoms with van der Waals surface area (Å²) in [4.78, 5) is 2.09. The fraction of sp³-hybridized carbons (Fsp3) is 1.00. The van der Waals surface area contributed by atoms with Gasteiger partial charge in [0.05, 0.1) is 6.61 Å². The lowest BCUT2D eigenvalue weighted by Crippen LogP contribution is -2.41. The zero-order valence-corrected chi connectivity index (χ0v) is 7.38. The van der Waals surface area contributed by atoms with Gasteiger partial charge in [0.1, 0.15) is 0 Å². The Morgan fingerprint density at radius 2 is 2.18 bits per heavy atom. The monoisotopic (exact) mass is 158 g/mol. The molecule has 0 amide bonds. The highest BCUT2D eigenvalue weighted by atomic mass is 16.3. The van der Waals surface area contributed by atoms with Gasteiger partial charge in [0.25, 0.3) is 0 Å². The van der Waals surface area contributed by atoms with Crippen LogP contribution in [0, 0.1) is 0 Å². The Labute approximate surface area is 68.4 Å². The average Bonchev–Trinajstić information content (AvgIpc) is 2.69. The van der Waals surface area contributed by atoms with Crippen molar-refractivity contribution >= 4 is 0 Å². The summed E-state index contributed by atoms with van der Waals surface area (Å²) in [5, 5.41) is 12.3. The Balaban J connectivity index is 2.12. The number of hydrogen-bond donors (Lipinski definition) is 2. The molecule has 1 aliphatic rings. The Kier molecular flexibility index (Phi) is 3.30. The zero-order chi connectivity index (χ0) is 8.27. The second kappa shape index (κ2) is 4.04. The minimum atomic E-state index is 0.245. The summed E-state index contributed by atoms with van der Waals surface area (Å²) in [6, 6.07) is 0.949. The van der Waals surface area contributed by atoms with Crippen LogP contribution in [0.5, 0.6) is 0 Å². The van der Waals surface area contributed by atoms with E-state index in [1.54, 1.807) is 0 Å². The molecule has 0 aliphatic heterocycles. The molecule has 0 aromatic heterocycles. The predicted molar refractivity (Wildman–Crippen MR) is 45.6 cm³/mol. The lowest BCUT2D eigenvalue weighted by atomic mass is 10.3. The number of rotatable bonds is 5. The molecule has 0 saturated heterocycles. The lowest BCUT2D eigenvalue weighted by molar-refractivity contribution is 0.210. The molecule has 0 bridgehead atoms. The molecular formula is C8H18N2O. The highest BCUT2D eigenvalue weighted by Gasteiger charge is 2.24. The Morgan fingerprint density at radius 1 is 1.55 bits per heavy atom. The molecule has 0 heterocycles. The third-order valence-electron chi connectivity index (χ3n) is 1.85. The van der Waals surface area contributed by atoms with Crippen LogP contribution >= 0.6 is 0 Å². The van der Waals surface area contributed by atoms with E-state index in [1.165, 1.54) is 12.8 Å². The van der Waals surface area contributed by atoms with Gasteiger partial charge in [-0.2, -0.15) is 0 Å². The quantitative estimate of drug-likeness (QED) is 0.574. The molecule has 1 fully saturated rings. The highest BCUT2D eigenvalue weighted by Crippen LogP contribution is 2.19. The van der Waals surface area contributed by atoms with Gasteiger partial charge in [-0.05, 0) is 26.9 Å². The van der Waals surface area contributed by atoms with Crippen LogP contribution in [-0.2, 0) is 0 Å². The molecule has 1 unspecified atom stereocenters. The first kappa shape index (κ1) is 8.97. The maximum absolute atomic E-state index is 8.96. The first-order valence-electron chi connectivity index (χ1n) is 4.24. The van der Waals surface area contributed by atoms with Crippen LogP contribution in [-0.4, -0.2) is 49.3 Å². The van der Waals surface area contributed by atoms with Gasteiger partial charge in [0, 0.05) is 18.6 Å². The van der Waals surface area contributed by atoms with Crippen molar-refractivity contribution < 1.29 is 5.11 Å². The van der Waals surface area contributed by atoms with Gasteiger partial charge in [0.15, 0.2) is 0 Å². The Bertz CT molecular complexity index is 109. The molecule has 0 aromatic rings. The number of nitrogens with one attached hydrogen (secondary N) is 1. The second-order valence-electron chi connectivity index (χ2n) is 3.58. The summed E-state index contributed by atoms with van der Waals surface area (Å²) < 4.78 is 0. The molecule has 2 N–H and O–H groups in total. The lowest BCUT2D eigenvalue weighted by Gasteiger charge is -2.19. The van der Waals surface area contributed by atoms with Crippen molar-refractivity contribution in [3.8, 4) is 0 Å². The van der Waals surface area contributed by atoms with Crippen molar-refractivity contribution in [1.29, 1.82) is 0 Å². The third-order valence-corrected chi connectivity index (χ3v) is 1.85. The topological polar surface area (TPSA) is 35.5 Å². The molecule has 3 heteroatoms. The van der Waals surface area contributed by atoms with Crippen LogP contribution in [0.3, 0.4) is 0 Å². The van der Waals surface area contributed by atoms with E-state index in [1.807, 2.05) is 14.1 Å². The summed E-state index contributed by atoms with van der Waals surface area (Å²) in [5.41, 5.74) is 0. The zero-order valence-electron chi connectivity index (χ0n) is 7.38. The number of aliphatic hydroxyl groups excluding tert-OH is 1. The summed E-state index contributed by atoms with van der Waals surface area (Å²) in [6.45, 7) is 1.17. The molecule has 3 nitrogen and oxygen atoms in total. The minimum absolute atomic E-state index is 0.245. The molecule has 66 valence electrons. The summed E-state index contributed by atoms with van der Waals surface area (Å²) in [5.74, 6) is 0. The number of likely N-dealkylation sites (N-methyl/N-ethyl adjacent to an activating group) is 1. The summed E-state index contributed by atoms with van der Waals surface area (Å²) in [6.07, 6.45) is 2.56. The largest absolute Gasteiger partial charge is 0.395 e. The standard InChI is InChI=1S/C8H18N2O/c1-10(2)5-8(6-11)9-7-3-4-7/h7-9,11H,3-6H2,1-2H3. The smallest absolute Gasteiger partial charge is 0.0597 e. The van der Waals surface area contributed by atoms with E-state index in [4.69, 9.17) is 5.11 Å². The first-order chi connectivity index (χ1) is 5.22. The molecule has 0 spiro atoms. The summed E-state index contributed by atoms with van der Waals surface area (Å²) >= 11 is 0. The van der Waals surface area contributed by atoms with Crippen molar-refractivity contribution in [2.24, 2.45) is 0 Å². The molecule has 11 heavy (non-hydrogen) atoms. The summed E-state index contributed by atoms with van der Waals surface area (Å²) in [7, 11) is 4.05. The molecule has 0 radical (unpaired) electrons. The minimum Gasteiger partial charge on any atom is -0.395 e. The second-order valence-corrected chi connectivity index (χ2v) is 3.58. The first-order valence-corrected chi connectivity index (χ1v) is 4.24. The van der Waals surface area contributed by atoms with E-state index >= 15 is 0 Å². The molecule has 1 rings (SSSR count). The van der Waals surface area contributed by atoms with Gasteiger partial charge < -0.3 is 15.3 Å². The number of aliphatic hydroxyl groups is 1. The van der Waals surface area contributed by atoms with Crippen LogP contribution in [0.4, 0.5) is 0 Å². The highest BCUT2D eigenvalue weighted by molar-refractivity contribution is 4.85. The van der Waals surface area contributed by atoms with Crippen molar-refractivity contribution in [2.75, 3.05) is 27.2 Å². The van der Waals surface area contributed by atoms with Gasteiger partial charge in [-0.15, -0.1) is 0 Å². The Morgan fingerprint density at radius 3 is 2.55 bits per heavy atom. The third kappa shape index (κ3) is 3.70. The van der Waals surface area contributed by atoms with Crippen molar-refractivity contribution in [3.05, 3.63) is 0 Å². The van der Waals surface area contributed by atoms with E-state index in [-0.39, 0.29) is 12.6 Å². The van der Waals surface area contributed by atoms with Gasteiger partial charge in [-0.1, -0.05) is 0 Å². The van der Waals surface area contributed by atoms with Crippen LogP contribution < -0.4 is 5.32 Å². The number of hydrogen-bond acceptors (Lipinski definition) is 3. The predicted octanol–water partition coefficient (Wildman–Crippen LogP) is -0.339. The fourth-order valence-electron chi connectivity index (χ4n) is 1.19. The fourth-order valence-corrected chi connectivity index (χ4v) is 1.19. The van der Waals surface area contributed by atoms with Crippen molar-refractivity contribution in [3.63, 3.8) is 0 Å².